The third kappa shape index (κ3) is 1.98. The fourth-order valence-electron chi connectivity index (χ4n) is 0.519. The first kappa shape index (κ1) is 8.96. The van der Waals surface area contributed by atoms with E-state index in [4.69, 9.17) is 11.6 Å². The van der Waals surface area contributed by atoms with Crippen LogP contribution in [-0.4, -0.2) is 17.6 Å². The lowest BCUT2D eigenvalue weighted by atomic mass is 9.96. The zero-order chi connectivity index (χ0) is 7.49. The molecule has 2 atom stereocenters. The molecule has 0 heterocycles. The number of rotatable bonds is 3. The number of alkyl halides is 1. The van der Waals surface area contributed by atoms with Crippen LogP contribution in [0.4, 0.5) is 0 Å². The molecular formula is C7H14ClN. The summed E-state index contributed by atoms with van der Waals surface area (Å²) >= 11 is 5.85. The van der Waals surface area contributed by atoms with Crippen molar-refractivity contribution in [1.82, 2.24) is 0 Å². The Balaban J connectivity index is 4.08. The Bertz CT molecular complexity index is 101. The highest BCUT2D eigenvalue weighted by Gasteiger charge is 2.25. The Kier molecular flexibility index (Phi) is 3.20. The van der Waals surface area contributed by atoms with Gasteiger partial charge in [0, 0.05) is 0 Å². The normalized spacial score (nSPS) is 20.4. The molecule has 0 bridgehead atoms. The van der Waals surface area contributed by atoms with Crippen molar-refractivity contribution >= 4 is 18.3 Å². The molecule has 0 spiro atoms. The van der Waals surface area contributed by atoms with Gasteiger partial charge in [-0.15, -0.1) is 11.6 Å². The minimum Gasteiger partial charge on any atom is -0.293 e. The highest BCUT2D eigenvalue weighted by Crippen LogP contribution is 2.23. The average Bonchev–Trinajstić information content (AvgIpc) is 1.86. The maximum Gasteiger partial charge on any atom is 0.0730 e. The van der Waals surface area contributed by atoms with E-state index in [1.807, 2.05) is 13.8 Å². The topological polar surface area (TPSA) is 12.4 Å². The minimum atomic E-state index is -0.137. The molecule has 0 aromatic carbocycles. The summed E-state index contributed by atoms with van der Waals surface area (Å²) in [5.74, 6) is 0. The molecule has 0 aliphatic carbocycles. The van der Waals surface area contributed by atoms with Crippen molar-refractivity contribution in [2.45, 2.75) is 38.1 Å². The molecule has 0 fully saturated rings. The van der Waals surface area contributed by atoms with Crippen molar-refractivity contribution in [1.29, 1.82) is 0 Å². The van der Waals surface area contributed by atoms with Crippen LogP contribution in [0.3, 0.4) is 0 Å². The van der Waals surface area contributed by atoms with Gasteiger partial charge in [0.05, 0.1) is 10.9 Å². The van der Waals surface area contributed by atoms with E-state index in [2.05, 4.69) is 18.6 Å². The quantitative estimate of drug-likeness (QED) is 0.430. The molecule has 0 aromatic rings. The van der Waals surface area contributed by atoms with Gasteiger partial charge in [-0.25, -0.2) is 0 Å². The van der Waals surface area contributed by atoms with Gasteiger partial charge in [-0.05, 0) is 27.0 Å². The second-order valence-corrected chi connectivity index (χ2v) is 3.14. The van der Waals surface area contributed by atoms with Gasteiger partial charge in [-0.3, -0.25) is 4.99 Å². The van der Waals surface area contributed by atoms with Crippen LogP contribution >= 0.6 is 11.6 Å². The third-order valence-corrected chi connectivity index (χ3v) is 2.40. The molecular weight excluding hydrogens is 134 g/mol. The van der Waals surface area contributed by atoms with E-state index in [1.54, 1.807) is 0 Å². The van der Waals surface area contributed by atoms with E-state index in [0.29, 0.717) is 0 Å². The van der Waals surface area contributed by atoms with Crippen molar-refractivity contribution in [3.63, 3.8) is 0 Å². The molecule has 54 valence electrons. The first-order valence-electron chi connectivity index (χ1n) is 3.18. The van der Waals surface area contributed by atoms with Crippen LogP contribution < -0.4 is 0 Å². The van der Waals surface area contributed by atoms with Gasteiger partial charge in [0.15, 0.2) is 0 Å². The van der Waals surface area contributed by atoms with Gasteiger partial charge in [0.1, 0.15) is 0 Å². The molecule has 0 saturated carbocycles. The number of hydrogen-bond donors (Lipinski definition) is 0. The van der Waals surface area contributed by atoms with Crippen LogP contribution in [0.1, 0.15) is 27.2 Å². The van der Waals surface area contributed by atoms with Crippen molar-refractivity contribution < 1.29 is 0 Å². The summed E-state index contributed by atoms with van der Waals surface area (Å²) in [5.41, 5.74) is -0.137. The molecule has 0 amide bonds. The minimum absolute atomic E-state index is 0.0694. The largest absolute Gasteiger partial charge is 0.293 e. The molecule has 0 radical (unpaired) electrons. The van der Waals surface area contributed by atoms with E-state index < -0.39 is 0 Å². The summed E-state index contributed by atoms with van der Waals surface area (Å²) in [6.07, 6.45) is 0.946. The smallest absolute Gasteiger partial charge is 0.0730 e. The molecule has 1 nitrogen and oxygen atoms in total. The Morgan fingerprint density at radius 3 is 2.22 bits per heavy atom. The van der Waals surface area contributed by atoms with E-state index in [0.717, 1.165) is 6.42 Å². The fourth-order valence-corrected chi connectivity index (χ4v) is 0.742. The molecule has 1 unspecified atom stereocenters. The van der Waals surface area contributed by atoms with Gasteiger partial charge >= 0.3 is 0 Å². The summed E-state index contributed by atoms with van der Waals surface area (Å²) in [6, 6.07) is 0. The summed E-state index contributed by atoms with van der Waals surface area (Å²) < 4.78 is 0. The van der Waals surface area contributed by atoms with E-state index in [-0.39, 0.29) is 10.9 Å². The molecule has 9 heavy (non-hydrogen) atoms. The van der Waals surface area contributed by atoms with Gasteiger partial charge in [0.2, 0.25) is 0 Å². The van der Waals surface area contributed by atoms with Crippen LogP contribution in [0.2, 0.25) is 0 Å². The highest BCUT2D eigenvalue weighted by atomic mass is 35.5. The predicted molar refractivity (Wildman–Crippen MR) is 43.6 cm³/mol. The average molecular weight is 148 g/mol. The van der Waals surface area contributed by atoms with E-state index in [1.165, 1.54) is 0 Å². The lowest BCUT2D eigenvalue weighted by molar-refractivity contribution is 0.451. The SMILES string of the molecule is C=NC(C)(CC)[C@H](C)Cl. The maximum atomic E-state index is 5.85. The molecule has 0 aliphatic rings. The molecule has 0 rings (SSSR count). The summed E-state index contributed by atoms with van der Waals surface area (Å²) in [4.78, 5) is 3.96. The van der Waals surface area contributed by atoms with Gasteiger partial charge in [-0.2, -0.15) is 0 Å². The Labute approximate surface area is 62.1 Å². The monoisotopic (exact) mass is 147 g/mol. The Hall–Kier alpha value is -0.0400. The lowest BCUT2D eigenvalue weighted by Crippen LogP contribution is -2.30. The zero-order valence-corrected chi connectivity index (χ0v) is 7.07. The predicted octanol–water partition coefficient (Wildman–Crippen LogP) is 2.48. The van der Waals surface area contributed by atoms with Gasteiger partial charge in [0.25, 0.3) is 0 Å². The molecule has 0 aromatic heterocycles. The van der Waals surface area contributed by atoms with E-state index >= 15 is 0 Å². The van der Waals surface area contributed by atoms with Gasteiger partial charge < -0.3 is 0 Å². The molecule has 0 aliphatic heterocycles. The van der Waals surface area contributed by atoms with Crippen LogP contribution in [0.25, 0.3) is 0 Å². The first-order chi connectivity index (χ1) is 4.06. The van der Waals surface area contributed by atoms with Crippen LogP contribution in [0.5, 0.6) is 0 Å². The number of aliphatic imine (C=N–C) groups is 1. The molecule has 0 saturated heterocycles. The zero-order valence-electron chi connectivity index (χ0n) is 6.32. The number of nitrogens with zero attached hydrogens (tertiary/aromatic N) is 1. The second kappa shape index (κ2) is 3.21. The van der Waals surface area contributed by atoms with Crippen molar-refractivity contribution in [3.8, 4) is 0 Å². The van der Waals surface area contributed by atoms with Crippen LogP contribution in [-0.2, 0) is 0 Å². The molecule has 0 N–H and O–H groups in total. The lowest BCUT2D eigenvalue weighted by Gasteiger charge is -2.25. The fraction of sp³-hybridized carbons (Fsp3) is 0.857. The third-order valence-electron chi connectivity index (χ3n) is 1.93. The number of halogens is 1. The Morgan fingerprint density at radius 2 is 2.22 bits per heavy atom. The summed E-state index contributed by atoms with van der Waals surface area (Å²) in [5, 5.41) is 0.0694. The Morgan fingerprint density at radius 1 is 1.78 bits per heavy atom. The maximum absolute atomic E-state index is 5.85. The second-order valence-electron chi connectivity index (χ2n) is 2.48. The van der Waals surface area contributed by atoms with Crippen LogP contribution in [0.15, 0.2) is 4.99 Å². The van der Waals surface area contributed by atoms with Crippen molar-refractivity contribution in [2.24, 2.45) is 4.99 Å². The van der Waals surface area contributed by atoms with Crippen molar-refractivity contribution in [2.75, 3.05) is 0 Å². The highest BCUT2D eigenvalue weighted by molar-refractivity contribution is 6.21. The van der Waals surface area contributed by atoms with Crippen LogP contribution in [0, 0.1) is 0 Å². The van der Waals surface area contributed by atoms with E-state index in [9.17, 15) is 0 Å². The number of hydrogen-bond acceptors (Lipinski definition) is 1. The molecule has 2 heteroatoms. The summed E-state index contributed by atoms with van der Waals surface area (Å²) in [6.45, 7) is 9.51. The van der Waals surface area contributed by atoms with Crippen molar-refractivity contribution in [3.05, 3.63) is 0 Å². The standard InChI is InChI=1S/C7H14ClN/c1-5-7(3,9-4)6(2)8/h6H,4-5H2,1-3H3/t6-,7?/m0/s1. The van der Waals surface area contributed by atoms with Gasteiger partial charge in [-0.1, -0.05) is 6.92 Å². The summed E-state index contributed by atoms with van der Waals surface area (Å²) in [7, 11) is 0. The first-order valence-corrected chi connectivity index (χ1v) is 3.62.